The lowest BCUT2D eigenvalue weighted by atomic mass is 10.1. The number of carbonyl (C=O) groups excluding carboxylic acids is 1. The highest BCUT2D eigenvalue weighted by atomic mass is 35.5. The number of benzene rings is 3. The number of halogens is 1. The van der Waals surface area contributed by atoms with Crippen LogP contribution in [0.25, 0.3) is 21.8 Å². The first-order chi connectivity index (χ1) is 16.5. The summed E-state index contributed by atoms with van der Waals surface area (Å²) in [5.41, 5.74) is 12.6. The molecule has 5 rings (SSSR count). The highest BCUT2D eigenvalue weighted by Gasteiger charge is 2.28. The van der Waals surface area contributed by atoms with Crippen molar-refractivity contribution in [2.24, 2.45) is 5.73 Å². The highest BCUT2D eigenvalue weighted by Crippen LogP contribution is 2.36. The van der Waals surface area contributed by atoms with Gasteiger partial charge in [-0.25, -0.2) is 0 Å². The molecule has 5 nitrogen and oxygen atoms in total. The number of aromatic nitrogens is 1. The quantitative estimate of drug-likeness (QED) is 0.357. The number of piperazine rings is 1. The molecule has 184 valence electrons. The summed E-state index contributed by atoms with van der Waals surface area (Å²) < 4.78 is 2.49. The monoisotopic (exact) mass is 490 g/mol. The van der Waals surface area contributed by atoms with Crippen molar-refractivity contribution in [2.45, 2.75) is 39.8 Å². The van der Waals surface area contributed by atoms with E-state index in [0.29, 0.717) is 5.56 Å². The topological polar surface area (TPSA) is 54.5 Å². The molecular formula is C29H35ClN4O. The first kappa shape index (κ1) is 25.1. The van der Waals surface area contributed by atoms with E-state index in [-0.39, 0.29) is 24.5 Å². The fraction of sp³-hybridized carbons (Fsp3) is 0.345. The average molecular weight is 491 g/mol. The molecule has 2 heterocycles. The molecule has 1 saturated heterocycles. The van der Waals surface area contributed by atoms with Gasteiger partial charge in [0.25, 0.3) is 0 Å². The molecule has 0 radical (unpaired) electrons. The molecule has 0 bridgehead atoms. The molecule has 2 N–H and O–H groups in total. The summed E-state index contributed by atoms with van der Waals surface area (Å²) in [5, 5.41) is 2.28. The van der Waals surface area contributed by atoms with E-state index in [1.165, 1.54) is 33.2 Å². The molecular weight excluding hydrogens is 456 g/mol. The van der Waals surface area contributed by atoms with Gasteiger partial charge in [0.05, 0.1) is 17.2 Å². The number of aryl methyl sites for hydroxylation is 1. The van der Waals surface area contributed by atoms with Crippen molar-refractivity contribution in [3.05, 3.63) is 77.4 Å². The first-order valence-corrected chi connectivity index (χ1v) is 12.4. The molecule has 1 aromatic heterocycles. The second-order valence-electron chi connectivity index (χ2n) is 9.49. The van der Waals surface area contributed by atoms with Gasteiger partial charge in [-0.1, -0.05) is 43.7 Å². The Kier molecular flexibility index (Phi) is 7.39. The van der Waals surface area contributed by atoms with E-state index < -0.39 is 0 Å². The van der Waals surface area contributed by atoms with Gasteiger partial charge < -0.3 is 15.2 Å². The number of hydrogen-bond donors (Lipinski definition) is 1. The molecule has 1 aliphatic heterocycles. The zero-order valence-corrected chi connectivity index (χ0v) is 21.6. The van der Waals surface area contributed by atoms with Crippen LogP contribution in [0.1, 0.15) is 47.4 Å². The zero-order chi connectivity index (χ0) is 23.8. The van der Waals surface area contributed by atoms with E-state index in [9.17, 15) is 4.79 Å². The molecule has 0 aliphatic carbocycles. The summed E-state index contributed by atoms with van der Waals surface area (Å²) >= 11 is 0. The molecule has 6 heteroatoms. The van der Waals surface area contributed by atoms with E-state index in [1.807, 2.05) is 12.1 Å². The number of rotatable bonds is 6. The number of nitrogens with zero attached hydrogens (tertiary/aromatic N) is 3. The summed E-state index contributed by atoms with van der Waals surface area (Å²) in [4.78, 5) is 17.0. The molecule has 0 saturated carbocycles. The molecule has 35 heavy (non-hydrogen) atoms. The predicted octanol–water partition coefficient (Wildman–Crippen LogP) is 6.05. The molecule has 1 aliphatic rings. The summed E-state index contributed by atoms with van der Waals surface area (Å²) in [7, 11) is 0. The number of anilines is 1. The van der Waals surface area contributed by atoms with Gasteiger partial charge in [0.1, 0.15) is 0 Å². The number of para-hydroxylation sites is 1. The van der Waals surface area contributed by atoms with Crippen molar-refractivity contribution in [1.29, 1.82) is 0 Å². The van der Waals surface area contributed by atoms with Gasteiger partial charge in [-0.2, -0.15) is 0 Å². The Balaban J connectivity index is 0.00000289. The van der Waals surface area contributed by atoms with Gasteiger partial charge in [0.15, 0.2) is 0 Å². The number of fused-ring (bicyclic) bond motifs is 3. The first-order valence-electron chi connectivity index (χ1n) is 12.4. The molecule has 0 spiro atoms. The van der Waals surface area contributed by atoms with Crippen LogP contribution in [0.4, 0.5) is 5.69 Å². The van der Waals surface area contributed by atoms with Crippen LogP contribution < -0.4 is 10.6 Å². The summed E-state index contributed by atoms with van der Waals surface area (Å²) in [6.45, 7) is 10.8. The van der Waals surface area contributed by atoms with Gasteiger partial charge in [-0.15, -0.1) is 12.4 Å². The van der Waals surface area contributed by atoms with Crippen LogP contribution in [-0.4, -0.2) is 41.6 Å². The zero-order valence-electron chi connectivity index (χ0n) is 20.8. The SMILES string of the molecule is CCCC(N1CCN(c2cccc(C)c2C)CC1)n1c2ccccc2c2cc(C(N)=O)ccc21.Cl. The smallest absolute Gasteiger partial charge is 0.248 e. The van der Waals surface area contributed by atoms with Crippen LogP contribution in [0.5, 0.6) is 0 Å². The van der Waals surface area contributed by atoms with Crippen LogP contribution in [-0.2, 0) is 0 Å². The number of primary amides is 1. The Bertz CT molecular complexity index is 1350. The van der Waals surface area contributed by atoms with E-state index in [4.69, 9.17) is 5.73 Å². The minimum Gasteiger partial charge on any atom is -0.369 e. The van der Waals surface area contributed by atoms with Gasteiger partial charge in [0.2, 0.25) is 5.91 Å². The number of carbonyl (C=O) groups is 1. The Morgan fingerprint density at radius 2 is 1.63 bits per heavy atom. The lowest BCUT2D eigenvalue weighted by Crippen LogP contribution is -2.49. The van der Waals surface area contributed by atoms with Gasteiger partial charge in [-0.05, 0) is 61.7 Å². The average Bonchev–Trinajstić information content (AvgIpc) is 3.18. The van der Waals surface area contributed by atoms with Crippen molar-refractivity contribution >= 4 is 45.8 Å². The summed E-state index contributed by atoms with van der Waals surface area (Å²) in [5.74, 6) is -0.383. The lowest BCUT2D eigenvalue weighted by molar-refractivity contribution is 0.100. The number of hydrogen-bond acceptors (Lipinski definition) is 3. The largest absolute Gasteiger partial charge is 0.369 e. The van der Waals surface area contributed by atoms with E-state index in [0.717, 1.165) is 44.4 Å². The van der Waals surface area contributed by atoms with Crippen LogP contribution in [0.15, 0.2) is 60.7 Å². The third-order valence-corrected chi connectivity index (χ3v) is 7.49. The lowest BCUT2D eigenvalue weighted by Gasteiger charge is -2.41. The summed E-state index contributed by atoms with van der Waals surface area (Å²) in [6.07, 6.45) is 2.46. The minimum atomic E-state index is -0.383. The minimum absolute atomic E-state index is 0. The van der Waals surface area contributed by atoms with Crippen LogP contribution in [0.3, 0.4) is 0 Å². The second kappa shape index (κ2) is 10.3. The number of nitrogens with two attached hydrogens (primary N) is 1. The maximum Gasteiger partial charge on any atom is 0.248 e. The third kappa shape index (κ3) is 4.51. The van der Waals surface area contributed by atoms with E-state index in [1.54, 1.807) is 0 Å². The molecule has 3 aromatic carbocycles. The maximum atomic E-state index is 11.9. The molecule has 1 unspecified atom stereocenters. The van der Waals surface area contributed by atoms with Gasteiger partial charge in [0, 0.05) is 48.2 Å². The number of amides is 1. The summed E-state index contributed by atoms with van der Waals surface area (Å²) in [6, 6.07) is 21.0. The van der Waals surface area contributed by atoms with Crippen molar-refractivity contribution in [3.8, 4) is 0 Å². The van der Waals surface area contributed by atoms with Crippen molar-refractivity contribution < 1.29 is 4.79 Å². The standard InChI is InChI=1S/C29H34N4O.ClH/c1-4-8-28(32-17-15-31(16-18-32)25-12-7-9-20(2)21(25)3)33-26-11-6-5-10-23(26)24-19-22(29(30)34)13-14-27(24)33;/h5-7,9-14,19,28H,4,8,15-18H2,1-3H3,(H2,30,34);1H. The molecule has 1 fully saturated rings. The molecule has 1 amide bonds. The van der Waals surface area contributed by atoms with Crippen LogP contribution in [0.2, 0.25) is 0 Å². The predicted molar refractivity (Wildman–Crippen MR) is 149 cm³/mol. The molecule has 1 atom stereocenters. The maximum absolute atomic E-state index is 11.9. The van der Waals surface area contributed by atoms with Gasteiger partial charge >= 0.3 is 0 Å². The highest BCUT2D eigenvalue weighted by molar-refractivity contribution is 6.10. The van der Waals surface area contributed by atoms with E-state index in [2.05, 4.69) is 83.7 Å². The normalized spacial score (nSPS) is 15.3. The molecule has 4 aromatic rings. The Labute approximate surface area is 213 Å². The Hall–Kier alpha value is -3.02. The van der Waals surface area contributed by atoms with Crippen LogP contribution >= 0.6 is 12.4 Å². The van der Waals surface area contributed by atoms with Crippen molar-refractivity contribution in [2.75, 3.05) is 31.1 Å². The van der Waals surface area contributed by atoms with Gasteiger partial charge in [-0.3, -0.25) is 9.69 Å². The van der Waals surface area contributed by atoms with Crippen molar-refractivity contribution in [1.82, 2.24) is 9.47 Å². The van der Waals surface area contributed by atoms with E-state index >= 15 is 0 Å². The fourth-order valence-corrected chi connectivity index (χ4v) is 5.55. The van der Waals surface area contributed by atoms with Crippen LogP contribution in [0, 0.1) is 13.8 Å². The Morgan fingerprint density at radius 3 is 2.34 bits per heavy atom. The third-order valence-electron chi connectivity index (χ3n) is 7.49. The van der Waals surface area contributed by atoms with Crippen molar-refractivity contribution in [3.63, 3.8) is 0 Å². The fourth-order valence-electron chi connectivity index (χ4n) is 5.55. The Morgan fingerprint density at radius 1 is 0.914 bits per heavy atom. The second-order valence-corrected chi connectivity index (χ2v) is 9.49.